The van der Waals surface area contributed by atoms with E-state index in [1.165, 1.54) is 0 Å². The summed E-state index contributed by atoms with van der Waals surface area (Å²) in [6.45, 7) is 5.59. The van der Waals surface area contributed by atoms with E-state index in [4.69, 9.17) is 4.74 Å². The predicted octanol–water partition coefficient (Wildman–Crippen LogP) is 6.10. The van der Waals surface area contributed by atoms with Crippen LogP contribution in [0.15, 0.2) is 45.3 Å². The Morgan fingerprint density at radius 2 is 1.73 bits per heavy atom. The maximum atomic E-state index is 12.7. The van der Waals surface area contributed by atoms with Gasteiger partial charge in [-0.15, -0.1) is 0 Å². The van der Waals surface area contributed by atoms with Gasteiger partial charge in [0.15, 0.2) is 0 Å². The number of nitrogens with zero attached hydrogens (tertiary/aromatic N) is 1. The molecule has 0 saturated heterocycles. The Labute approximate surface area is 145 Å². The van der Waals surface area contributed by atoms with Crippen LogP contribution in [0.1, 0.15) is 20.8 Å². The number of benzene rings is 2. The van der Waals surface area contributed by atoms with Crippen LogP contribution in [0.5, 0.6) is 0 Å². The Balaban J connectivity index is 2.39. The van der Waals surface area contributed by atoms with Crippen LogP contribution in [0, 0.1) is 0 Å². The normalized spacial score (nSPS) is 12.0. The molecule has 0 atom stereocenters. The van der Waals surface area contributed by atoms with E-state index in [0.29, 0.717) is 0 Å². The van der Waals surface area contributed by atoms with Gasteiger partial charge in [0.1, 0.15) is 5.60 Å². The van der Waals surface area contributed by atoms with Gasteiger partial charge in [-0.25, -0.2) is 9.36 Å². The molecule has 0 radical (unpaired) electrons. The fraction of sp³-hybridized carbons (Fsp3) is 0.235. The molecule has 0 aliphatic heterocycles. The second-order valence-electron chi connectivity index (χ2n) is 6.09. The number of rotatable bonds is 0. The van der Waals surface area contributed by atoms with Crippen LogP contribution in [0.4, 0.5) is 4.79 Å². The van der Waals surface area contributed by atoms with E-state index in [0.717, 1.165) is 30.8 Å². The van der Waals surface area contributed by atoms with Crippen LogP contribution in [-0.2, 0) is 4.74 Å². The molecule has 1 aromatic heterocycles. The van der Waals surface area contributed by atoms with E-state index >= 15 is 0 Å². The molecule has 0 aliphatic carbocycles. The summed E-state index contributed by atoms with van der Waals surface area (Å²) in [5, 5.41) is 2.04. The van der Waals surface area contributed by atoms with Gasteiger partial charge in [-0.3, -0.25) is 0 Å². The molecular weight excluding hydrogens is 410 g/mol. The van der Waals surface area contributed by atoms with Gasteiger partial charge < -0.3 is 4.74 Å². The second-order valence-corrected chi connectivity index (χ2v) is 7.74. The molecular formula is C17H15Br2NO2. The lowest BCUT2D eigenvalue weighted by molar-refractivity contribution is 0.0551. The highest BCUT2D eigenvalue weighted by Crippen LogP contribution is 2.37. The summed E-state index contributed by atoms with van der Waals surface area (Å²) in [6, 6.07) is 11.8. The quantitative estimate of drug-likeness (QED) is 0.436. The molecule has 0 unspecified atom stereocenters. The first-order valence-electron chi connectivity index (χ1n) is 6.90. The number of fused-ring (bicyclic) bond motifs is 3. The van der Waals surface area contributed by atoms with Crippen LogP contribution in [0.3, 0.4) is 0 Å². The number of carbonyl (C=O) groups is 1. The fourth-order valence-electron chi connectivity index (χ4n) is 2.49. The first-order chi connectivity index (χ1) is 10.3. The molecule has 0 bridgehead atoms. The standard InChI is InChI=1S/C17H15Br2NO2/c1-17(2,3)22-16(21)20-13-7-5-4-6-10(13)11-8-9-12(18)14(19)15(11)20/h4-9H,1-3H3. The highest BCUT2D eigenvalue weighted by atomic mass is 79.9. The van der Waals surface area contributed by atoms with Crippen molar-refractivity contribution in [3.63, 3.8) is 0 Å². The zero-order chi connectivity index (χ0) is 16.1. The Kier molecular flexibility index (Phi) is 3.81. The van der Waals surface area contributed by atoms with Gasteiger partial charge >= 0.3 is 6.09 Å². The van der Waals surface area contributed by atoms with Gasteiger partial charge in [-0.05, 0) is 64.8 Å². The summed E-state index contributed by atoms with van der Waals surface area (Å²) in [4.78, 5) is 12.7. The molecule has 0 saturated carbocycles. The van der Waals surface area contributed by atoms with Gasteiger partial charge in [0.25, 0.3) is 0 Å². The smallest absolute Gasteiger partial charge is 0.419 e. The lowest BCUT2D eigenvalue weighted by Crippen LogP contribution is -2.27. The highest BCUT2D eigenvalue weighted by molar-refractivity contribution is 9.13. The molecule has 5 heteroatoms. The molecule has 1 heterocycles. The van der Waals surface area contributed by atoms with Crippen molar-refractivity contribution in [1.82, 2.24) is 4.57 Å². The van der Waals surface area contributed by atoms with Crippen molar-refractivity contribution in [1.29, 1.82) is 0 Å². The summed E-state index contributed by atoms with van der Waals surface area (Å²) in [7, 11) is 0. The Morgan fingerprint density at radius 1 is 1.05 bits per heavy atom. The molecule has 3 nitrogen and oxygen atoms in total. The molecule has 0 amide bonds. The van der Waals surface area contributed by atoms with Gasteiger partial charge in [0, 0.05) is 15.2 Å². The molecule has 0 N–H and O–H groups in total. The van der Waals surface area contributed by atoms with Crippen LogP contribution in [0.25, 0.3) is 21.8 Å². The summed E-state index contributed by atoms with van der Waals surface area (Å²) in [6.07, 6.45) is -0.377. The van der Waals surface area contributed by atoms with Crippen molar-refractivity contribution in [2.75, 3.05) is 0 Å². The van der Waals surface area contributed by atoms with Crippen LogP contribution >= 0.6 is 31.9 Å². The molecule has 3 rings (SSSR count). The number of halogens is 2. The zero-order valence-electron chi connectivity index (χ0n) is 12.5. The number of ether oxygens (including phenoxy) is 1. The zero-order valence-corrected chi connectivity index (χ0v) is 15.7. The van der Waals surface area contributed by atoms with Crippen LogP contribution in [-0.4, -0.2) is 16.3 Å². The molecule has 2 aromatic carbocycles. The summed E-state index contributed by atoms with van der Waals surface area (Å²) < 4.78 is 8.95. The maximum Gasteiger partial charge on any atom is 0.419 e. The molecule has 3 aromatic rings. The average molecular weight is 425 g/mol. The predicted molar refractivity (Wildman–Crippen MR) is 96.5 cm³/mol. The van der Waals surface area contributed by atoms with Gasteiger partial charge in [-0.2, -0.15) is 0 Å². The molecule has 0 aliphatic rings. The highest BCUT2D eigenvalue weighted by Gasteiger charge is 2.23. The Morgan fingerprint density at radius 3 is 2.41 bits per heavy atom. The SMILES string of the molecule is CC(C)(C)OC(=O)n1c2ccccc2c2ccc(Br)c(Br)c21. The molecule has 22 heavy (non-hydrogen) atoms. The fourth-order valence-corrected chi connectivity index (χ4v) is 3.33. The molecule has 114 valence electrons. The Bertz CT molecular complexity index is 891. The monoisotopic (exact) mass is 423 g/mol. The van der Waals surface area contributed by atoms with Crippen LogP contribution < -0.4 is 0 Å². The summed E-state index contributed by atoms with van der Waals surface area (Å²) in [5.74, 6) is 0. The van der Waals surface area contributed by atoms with E-state index in [1.807, 2.05) is 57.2 Å². The minimum Gasteiger partial charge on any atom is -0.443 e. The lowest BCUT2D eigenvalue weighted by atomic mass is 10.2. The Hall–Kier alpha value is -1.33. The van der Waals surface area contributed by atoms with Crippen molar-refractivity contribution in [3.8, 4) is 0 Å². The second kappa shape index (κ2) is 5.39. The maximum absolute atomic E-state index is 12.7. The number of para-hydroxylation sites is 1. The van der Waals surface area contributed by atoms with E-state index in [-0.39, 0.29) is 6.09 Å². The van der Waals surface area contributed by atoms with Crippen molar-refractivity contribution < 1.29 is 9.53 Å². The average Bonchev–Trinajstić information content (AvgIpc) is 2.76. The van der Waals surface area contributed by atoms with Crippen molar-refractivity contribution in [2.45, 2.75) is 26.4 Å². The molecule has 0 spiro atoms. The summed E-state index contributed by atoms with van der Waals surface area (Å²) in [5.41, 5.74) is 1.10. The first-order valence-corrected chi connectivity index (χ1v) is 8.49. The van der Waals surface area contributed by atoms with Gasteiger partial charge in [0.05, 0.1) is 15.5 Å². The number of hydrogen-bond acceptors (Lipinski definition) is 2. The van der Waals surface area contributed by atoms with Crippen molar-refractivity contribution in [3.05, 3.63) is 45.3 Å². The van der Waals surface area contributed by atoms with Crippen LogP contribution in [0.2, 0.25) is 0 Å². The van der Waals surface area contributed by atoms with Crippen molar-refractivity contribution >= 4 is 59.8 Å². The van der Waals surface area contributed by atoms with E-state index < -0.39 is 5.60 Å². The van der Waals surface area contributed by atoms with E-state index in [9.17, 15) is 4.79 Å². The minimum atomic E-state index is -0.548. The number of hydrogen-bond donors (Lipinski definition) is 0. The van der Waals surface area contributed by atoms with E-state index in [1.54, 1.807) is 4.57 Å². The lowest BCUT2D eigenvalue weighted by Gasteiger charge is -2.20. The minimum absolute atomic E-state index is 0.377. The first kappa shape index (κ1) is 15.6. The summed E-state index contributed by atoms with van der Waals surface area (Å²) >= 11 is 7.09. The number of carbonyl (C=O) groups excluding carboxylic acids is 1. The van der Waals surface area contributed by atoms with E-state index in [2.05, 4.69) is 31.9 Å². The third-order valence-electron chi connectivity index (χ3n) is 3.30. The third-order valence-corrected chi connectivity index (χ3v) is 5.30. The molecule has 0 fully saturated rings. The van der Waals surface area contributed by atoms with Crippen molar-refractivity contribution in [2.24, 2.45) is 0 Å². The topological polar surface area (TPSA) is 31.2 Å². The third kappa shape index (κ3) is 2.57. The largest absolute Gasteiger partial charge is 0.443 e. The van der Waals surface area contributed by atoms with Gasteiger partial charge in [0.2, 0.25) is 0 Å². The van der Waals surface area contributed by atoms with Gasteiger partial charge in [-0.1, -0.05) is 24.3 Å². The number of aromatic nitrogens is 1.